The molecule has 1 fully saturated rings. The first-order valence-corrected chi connectivity index (χ1v) is 8.46. The van der Waals surface area contributed by atoms with Crippen LogP contribution in [-0.4, -0.2) is 32.7 Å². The Labute approximate surface area is 142 Å². The van der Waals surface area contributed by atoms with Crippen LogP contribution in [0.1, 0.15) is 57.1 Å². The van der Waals surface area contributed by atoms with Crippen molar-refractivity contribution in [3.8, 4) is 0 Å². The highest BCUT2D eigenvalue weighted by Gasteiger charge is 2.22. The highest BCUT2D eigenvalue weighted by Crippen LogP contribution is 2.24. The number of nitrogens with one attached hydrogen (secondary N) is 1. The van der Waals surface area contributed by atoms with E-state index in [0.717, 1.165) is 30.0 Å². The van der Waals surface area contributed by atoms with Crippen LogP contribution in [0.2, 0.25) is 0 Å². The van der Waals surface area contributed by atoms with Gasteiger partial charge in [-0.05, 0) is 55.3 Å². The molecule has 0 radical (unpaired) electrons. The Hall–Kier alpha value is -2.28. The van der Waals surface area contributed by atoms with Gasteiger partial charge in [0.25, 0.3) is 0 Å². The molecule has 2 aromatic rings. The van der Waals surface area contributed by atoms with Crippen molar-refractivity contribution in [2.45, 2.75) is 52.2 Å². The number of carbonyl (C=O) groups is 1. The van der Waals surface area contributed by atoms with E-state index < -0.39 is 0 Å². The fourth-order valence-corrected chi connectivity index (χ4v) is 2.98. The van der Waals surface area contributed by atoms with Crippen LogP contribution in [0.4, 0.5) is 5.69 Å². The average molecular weight is 328 g/mol. The van der Waals surface area contributed by atoms with Gasteiger partial charge in [-0.15, -0.1) is 5.10 Å². The summed E-state index contributed by atoms with van der Waals surface area (Å²) in [5, 5.41) is 15.3. The van der Waals surface area contributed by atoms with E-state index >= 15 is 0 Å². The predicted molar refractivity (Wildman–Crippen MR) is 91.5 cm³/mol. The summed E-state index contributed by atoms with van der Waals surface area (Å²) < 4.78 is 1.82. The minimum Gasteiger partial charge on any atom is -0.312 e. The molecule has 0 spiro atoms. The van der Waals surface area contributed by atoms with Crippen molar-refractivity contribution in [2.24, 2.45) is 0 Å². The summed E-state index contributed by atoms with van der Waals surface area (Å²) in [7, 11) is 0. The molecule has 1 N–H and O–H groups in total. The molecule has 0 bridgehead atoms. The second-order valence-corrected chi connectivity index (χ2v) is 6.48. The van der Waals surface area contributed by atoms with Crippen molar-refractivity contribution in [3.63, 3.8) is 0 Å². The minimum atomic E-state index is 0.139. The van der Waals surface area contributed by atoms with Gasteiger partial charge in [-0.25, -0.2) is 4.68 Å². The summed E-state index contributed by atoms with van der Waals surface area (Å²) in [5.74, 6) is 1.03. The largest absolute Gasteiger partial charge is 0.312 e. The number of hydrogen-bond donors (Lipinski definition) is 1. The molecule has 7 heteroatoms. The quantitative estimate of drug-likeness (QED) is 0.880. The van der Waals surface area contributed by atoms with Gasteiger partial charge in [-0.1, -0.05) is 12.1 Å². The van der Waals surface area contributed by atoms with Crippen molar-refractivity contribution in [1.29, 1.82) is 0 Å². The lowest BCUT2D eigenvalue weighted by Gasteiger charge is -2.19. The topological polar surface area (TPSA) is 75.9 Å². The smallest absolute Gasteiger partial charge is 0.227 e. The van der Waals surface area contributed by atoms with Gasteiger partial charge in [0.2, 0.25) is 5.91 Å². The van der Waals surface area contributed by atoms with E-state index in [0.29, 0.717) is 13.0 Å². The molecular formula is C17H24N6O. The van der Waals surface area contributed by atoms with Gasteiger partial charge in [0.05, 0.1) is 12.6 Å². The van der Waals surface area contributed by atoms with Gasteiger partial charge in [0.15, 0.2) is 5.82 Å². The first kappa shape index (κ1) is 16.6. The number of anilines is 1. The molecule has 1 saturated heterocycles. The molecule has 1 aromatic heterocycles. The van der Waals surface area contributed by atoms with Crippen LogP contribution in [0.5, 0.6) is 0 Å². The molecular weight excluding hydrogens is 304 g/mol. The highest BCUT2D eigenvalue weighted by atomic mass is 16.2. The van der Waals surface area contributed by atoms with Crippen molar-refractivity contribution in [3.05, 3.63) is 35.7 Å². The maximum Gasteiger partial charge on any atom is 0.227 e. The number of nitrogens with zero attached hydrogens (tertiary/aromatic N) is 5. The zero-order chi connectivity index (χ0) is 17.1. The number of tetrazole rings is 1. The molecule has 3 rings (SSSR count). The Morgan fingerprint density at radius 2 is 2.12 bits per heavy atom. The van der Waals surface area contributed by atoms with E-state index in [2.05, 4.69) is 53.7 Å². The number of benzene rings is 1. The molecule has 1 aliphatic heterocycles. The average Bonchev–Trinajstić information content (AvgIpc) is 3.21. The van der Waals surface area contributed by atoms with E-state index in [-0.39, 0.29) is 18.0 Å². The van der Waals surface area contributed by atoms with Crippen LogP contribution in [0.15, 0.2) is 24.3 Å². The summed E-state index contributed by atoms with van der Waals surface area (Å²) in [4.78, 5) is 13.8. The first-order valence-electron chi connectivity index (χ1n) is 8.46. The minimum absolute atomic E-state index is 0.139. The number of hydrogen-bond acceptors (Lipinski definition) is 5. The van der Waals surface area contributed by atoms with Gasteiger partial charge in [0.1, 0.15) is 0 Å². The van der Waals surface area contributed by atoms with Crippen LogP contribution in [0, 0.1) is 0 Å². The number of carbonyl (C=O) groups excluding carboxylic acids is 1. The Morgan fingerprint density at radius 1 is 1.29 bits per heavy atom. The zero-order valence-electron chi connectivity index (χ0n) is 14.4. The molecule has 0 saturated carbocycles. The lowest BCUT2D eigenvalue weighted by molar-refractivity contribution is -0.117. The van der Waals surface area contributed by atoms with Gasteiger partial charge in [-0.3, -0.25) is 4.79 Å². The van der Waals surface area contributed by atoms with E-state index in [1.54, 1.807) is 0 Å². The molecule has 0 unspecified atom stereocenters. The van der Waals surface area contributed by atoms with E-state index in [1.807, 2.05) is 21.7 Å². The lowest BCUT2D eigenvalue weighted by atomic mass is 10.1. The third kappa shape index (κ3) is 3.46. The first-order chi connectivity index (χ1) is 11.6. The molecule has 1 aliphatic rings. The molecule has 2 heterocycles. The maximum atomic E-state index is 11.9. The summed E-state index contributed by atoms with van der Waals surface area (Å²) >= 11 is 0. The van der Waals surface area contributed by atoms with Gasteiger partial charge in [0, 0.05) is 24.7 Å². The van der Waals surface area contributed by atoms with Crippen LogP contribution in [0.25, 0.3) is 0 Å². The van der Waals surface area contributed by atoms with E-state index in [1.165, 1.54) is 0 Å². The third-order valence-electron chi connectivity index (χ3n) is 4.37. The summed E-state index contributed by atoms with van der Waals surface area (Å²) in [6.07, 6.45) is 1.59. The summed E-state index contributed by atoms with van der Waals surface area (Å²) in [6, 6.07) is 8.54. The molecule has 1 atom stereocenters. The Kier molecular flexibility index (Phi) is 4.89. The number of aromatic nitrogens is 4. The molecule has 0 aliphatic carbocycles. The fraction of sp³-hybridized carbons (Fsp3) is 0.529. The van der Waals surface area contributed by atoms with Crippen LogP contribution in [-0.2, 0) is 11.3 Å². The summed E-state index contributed by atoms with van der Waals surface area (Å²) in [6.45, 7) is 7.63. The van der Waals surface area contributed by atoms with E-state index in [4.69, 9.17) is 0 Å². The van der Waals surface area contributed by atoms with Crippen molar-refractivity contribution in [2.75, 3.05) is 11.4 Å². The Morgan fingerprint density at radius 3 is 2.83 bits per heavy atom. The molecule has 128 valence electrons. The SMILES string of the molecule is CC(C)n1nnnc1CN[C@H](C)c1cccc(N2CCCC2=O)c1. The third-order valence-corrected chi connectivity index (χ3v) is 4.37. The second kappa shape index (κ2) is 7.09. The Bertz CT molecular complexity index is 711. The second-order valence-electron chi connectivity index (χ2n) is 6.48. The molecule has 1 amide bonds. The number of amides is 1. The zero-order valence-corrected chi connectivity index (χ0v) is 14.4. The normalized spacial score (nSPS) is 16.2. The van der Waals surface area contributed by atoms with Crippen LogP contribution in [0.3, 0.4) is 0 Å². The molecule has 24 heavy (non-hydrogen) atoms. The summed E-state index contributed by atoms with van der Waals surface area (Å²) in [5.41, 5.74) is 2.13. The number of rotatable bonds is 6. The maximum absolute atomic E-state index is 11.9. The van der Waals surface area contributed by atoms with Gasteiger partial charge >= 0.3 is 0 Å². The molecule has 7 nitrogen and oxygen atoms in total. The van der Waals surface area contributed by atoms with Crippen molar-refractivity contribution >= 4 is 11.6 Å². The lowest BCUT2D eigenvalue weighted by Crippen LogP contribution is -2.25. The monoisotopic (exact) mass is 328 g/mol. The van der Waals surface area contributed by atoms with Crippen LogP contribution < -0.4 is 10.2 Å². The fourth-order valence-electron chi connectivity index (χ4n) is 2.98. The van der Waals surface area contributed by atoms with Gasteiger partial charge < -0.3 is 10.2 Å². The molecule has 1 aromatic carbocycles. The van der Waals surface area contributed by atoms with Crippen molar-refractivity contribution in [1.82, 2.24) is 25.5 Å². The van der Waals surface area contributed by atoms with E-state index in [9.17, 15) is 4.79 Å². The van der Waals surface area contributed by atoms with Crippen LogP contribution >= 0.6 is 0 Å². The van der Waals surface area contributed by atoms with Crippen molar-refractivity contribution < 1.29 is 4.79 Å². The highest BCUT2D eigenvalue weighted by molar-refractivity contribution is 5.95. The predicted octanol–water partition coefficient (Wildman–Crippen LogP) is 2.23. The van der Waals surface area contributed by atoms with Gasteiger partial charge in [-0.2, -0.15) is 0 Å². The Balaban J connectivity index is 1.68. The standard InChI is InChI=1S/C17H24N6O/c1-12(2)23-16(19-20-21-23)11-18-13(3)14-6-4-7-15(10-14)22-9-5-8-17(22)24/h4,6-7,10,12-13,18H,5,8-9,11H2,1-3H3/t13-/m1/s1.